The van der Waals surface area contributed by atoms with E-state index in [0.717, 1.165) is 9.75 Å². The molecular formula is C15H9NO3S2. The summed E-state index contributed by atoms with van der Waals surface area (Å²) in [5.41, 5.74) is 1.75. The Bertz CT molecular complexity index is 782. The SMILES string of the molecule is O=[N+]([O-])c1ccc(-c2sc(-c3ccccc3)[s+]c2[O-])cc1. The summed E-state index contributed by atoms with van der Waals surface area (Å²) in [4.78, 5) is 10.8. The van der Waals surface area contributed by atoms with Gasteiger partial charge in [0.15, 0.2) is 4.88 Å². The van der Waals surface area contributed by atoms with E-state index in [9.17, 15) is 15.2 Å². The van der Waals surface area contributed by atoms with Crippen molar-refractivity contribution < 1.29 is 10.0 Å². The molecular weight excluding hydrogens is 306 g/mol. The summed E-state index contributed by atoms with van der Waals surface area (Å²) >= 11 is 2.62. The van der Waals surface area contributed by atoms with Crippen LogP contribution < -0.4 is 5.11 Å². The van der Waals surface area contributed by atoms with Crippen molar-refractivity contribution in [3.05, 3.63) is 64.7 Å². The third-order valence-corrected chi connectivity index (χ3v) is 5.40. The van der Waals surface area contributed by atoms with Crippen molar-refractivity contribution in [3.63, 3.8) is 0 Å². The van der Waals surface area contributed by atoms with Crippen molar-refractivity contribution in [1.29, 1.82) is 0 Å². The number of non-ortho nitro benzene ring substituents is 1. The van der Waals surface area contributed by atoms with E-state index in [1.807, 2.05) is 30.3 Å². The van der Waals surface area contributed by atoms with Gasteiger partial charge in [-0.15, -0.1) is 0 Å². The molecule has 3 aromatic rings. The molecule has 21 heavy (non-hydrogen) atoms. The van der Waals surface area contributed by atoms with Gasteiger partial charge in [0.1, 0.15) is 5.06 Å². The minimum atomic E-state index is -0.450. The highest BCUT2D eigenvalue weighted by Crippen LogP contribution is 2.45. The second-order valence-electron chi connectivity index (χ2n) is 4.28. The Morgan fingerprint density at radius 3 is 2.24 bits per heavy atom. The van der Waals surface area contributed by atoms with Crippen molar-refractivity contribution in [1.82, 2.24) is 0 Å². The number of nitrogens with zero attached hydrogens (tertiary/aromatic N) is 1. The summed E-state index contributed by atoms with van der Waals surface area (Å²) < 4.78 is 0.939. The van der Waals surface area contributed by atoms with Gasteiger partial charge in [0.2, 0.25) is 0 Å². The van der Waals surface area contributed by atoms with E-state index < -0.39 is 4.92 Å². The van der Waals surface area contributed by atoms with Gasteiger partial charge in [-0.2, -0.15) is 0 Å². The van der Waals surface area contributed by atoms with E-state index in [2.05, 4.69) is 0 Å². The minimum Gasteiger partial charge on any atom is -0.845 e. The summed E-state index contributed by atoms with van der Waals surface area (Å²) in [6.07, 6.45) is 0. The van der Waals surface area contributed by atoms with Gasteiger partial charge in [0.25, 0.3) is 9.88 Å². The molecule has 1 aromatic heterocycles. The van der Waals surface area contributed by atoms with Gasteiger partial charge >= 0.3 is 0 Å². The van der Waals surface area contributed by atoms with Crippen LogP contribution in [0.2, 0.25) is 0 Å². The molecule has 2 aromatic carbocycles. The maximum Gasteiger partial charge on any atom is 0.284 e. The largest absolute Gasteiger partial charge is 0.845 e. The number of nitro benzene ring substituents is 1. The van der Waals surface area contributed by atoms with E-state index >= 15 is 0 Å². The van der Waals surface area contributed by atoms with E-state index in [0.29, 0.717) is 10.4 Å². The summed E-state index contributed by atoms with van der Waals surface area (Å²) in [5.74, 6) is 0. The summed E-state index contributed by atoms with van der Waals surface area (Å²) in [5, 5.41) is 22.8. The second kappa shape index (κ2) is 5.59. The van der Waals surface area contributed by atoms with Gasteiger partial charge in [0.05, 0.1) is 27.6 Å². The van der Waals surface area contributed by atoms with Gasteiger partial charge in [-0.25, -0.2) is 0 Å². The lowest BCUT2D eigenvalue weighted by molar-refractivity contribution is -0.384. The van der Waals surface area contributed by atoms with Gasteiger partial charge in [0, 0.05) is 23.3 Å². The Labute approximate surface area is 128 Å². The zero-order chi connectivity index (χ0) is 14.8. The molecule has 104 valence electrons. The zero-order valence-corrected chi connectivity index (χ0v) is 12.3. The molecule has 0 amide bonds. The van der Waals surface area contributed by atoms with Crippen molar-refractivity contribution in [2.45, 2.75) is 0 Å². The molecule has 0 aliphatic rings. The van der Waals surface area contributed by atoms with Crippen LogP contribution >= 0.6 is 22.7 Å². The highest BCUT2D eigenvalue weighted by Gasteiger charge is 2.20. The molecule has 0 saturated carbocycles. The molecule has 0 atom stereocenters. The van der Waals surface area contributed by atoms with Crippen LogP contribution in [0, 0.1) is 10.1 Å². The highest BCUT2D eigenvalue weighted by molar-refractivity contribution is 7.39. The van der Waals surface area contributed by atoms with Crippen LogP contribution in [0.4, 0.5) is 5.69 Å². The van der Waals surface area contributed by atoms with Gasteiger partial charge in [-0.1, -0.05) is 18.2 Å². The first-order valence-electron chi connectivity index (χ1n) is 6.09. The van der Waals surface area contributed by atoms with Crippen molar-refractivity contribution in [3.8, 4) is 25.3 Å². The number of benzene rings is 2. The highest BCUT2D eigenvalue weighted by atomic mass is 32.2. The molecule has 6 heteroatoms. The first kappa shape index (κ1) is 13.7. The molecule has 4 nitrogen and oxygen atoms in total. The van der Waals surface area contributed by atoms with Crippen molar-refractivity contribution in [2.75, 3.05) is 0 Å². The van der Waals surface area contributed by atoms with E-state index in [4.69, 9.17) is 0 Å². The first-order chi connectivity index (χ1) is 10.1. The smallest absolute Gasteiger partial charge is 0.284 e. The molecule has 0 unspecified atom stereocenters. The lowest BCUT2D eigenvalue weighted by Crippen LogP contribution is -1.89. The molecule has 0 fully saturated rings. The predicted octanol–water partition coefficient (Wildman–Crippen LogP) is 4.41. The number of hydrogen-bond acceptors (Lipinski definition) is 4. The number of rotatable bonds is 3. The minimum absolute atomic E-state index is 0.0206. The Morgan fingerprint density at radius 2 is 1.62 bits per heavy atom. The molecule has 0 spiro atoms. The van der Waals surface area contributed by atoms with Gasteiger partial charge in [-0.3, -0.25) is 10.1 Å². The Balaban J connectivity index is 2.00. The fourth-order valence-electron chi connectivity index (χ4n) is 1.89. The third-order valence-electron chi connectivity index (χ3n) is 2.92. The second-order valence-corrected chi connectivity index (χ2v) is 6.54. The number of hydrogen-bond donors (Lipinski definition) is 0. The molecule has 0 N–H and O–H groups in total. The van der Waals surface area contributed by atoms with Crippen LogP contribution in [0.15, 0.2) is 54.6 Å². The van der Waals surface area contributed by atoms with Crippen LogP contribution in [-0.4, -0.2) is 4.92 Å². The third kappa shape index (κ3) is 2.76. The molecule has 3 rings (SSSR count). The van der Waals surface area contributed by atoms with E-state index in [-0.39, 0.29) is 10.8 Å². The van der Waals surface area contributed by atoms with E-state index in [1.165, 1.54) is 34.8 Å². The summed E-state index contributed by atoms with van der Waals surface area (Å²) in [7, 11) is 0. The van der Waals surface area contributed by atoms with Crippen molar-refractivity contribution >= 4 is 28.4 Å². The maximum atomic E-state index is 12.1. The summed E-state index contributed by atoms with van der Waals surface area (Å²) in [6, 6.07) is 15.8. The van der Waals surface area contributed by atoms with Crippen LogP contribution in [0.5, 0.6) is 5.06 Å². The average molecular weight is 315 g/mol. The molecule has 0 aliphatic carbocycles. The van der Waals surface area contributed by atoms with Crippen LogP contribution in [-0.2, 0) is 0 Å². The van der Waals surface area contributed by atoms with Gasteiger partial charge < -0.3 is 5.11 Å². The molecule has 1 heterocycles. The molecule has 0 aliphatic heterocycles. The molecule has 0 radical (unpaired) electrons. The first-order valence-corrected chi connectivity index (χ1v) is 7.72. The predicted molar refractivity (Wildman–Crippen MR) is 83.6 cm³/mol. The zero-order valence-electron chi connectivity index (χ0n) is 10.7. The number of nitro groups is 1. The van der Waals surface area contributed by atoms with Gasteiger partial charge in [-0.05, 0) is 24.3 Å². The Hall–Kier alpha value is -2.31. The average Bonchev–Trinajstić information content (AvgIpc) is 2.90. The monoisotopic (exact) mass is 315 g/mol. The van der Waals surface area contributed by atoms with Crippen molar-refractivity contribution in [2.24, 2.45) is 0 Å². The van der Waals surface area contributed by atoms with Crippen LogP contribution in [0.3, 0.4) is 0 Å². The van der Waals surface area contributed by atoms with Crippen LogP contribution in [0.25, 0.3) is 20.2 Å². The summed E-state index contributed by atoms with van der Waals surface area (Å²) in [6.45, 7) is 0. The van der Waals surface area contributed by atoms with E-state index in [1.54, 1.807) is 12.1 Å². The normalized spacial score (nSPS) is 10.5. The standard InChI is InChI=1S/C15H9NO3S2/c17-14-13(10-6-8-12(9-7-10)16(18)19)20-15(21-14)11-4-2-1-3-5-11/h1-9H. The van der Waals surface area contributed by atoms with Crippen LogP contribution in [0.1, 0.15) is 0 Å². The lowest BCUT2D eigenvalue weighted by Gasteiger charge is -1.97. The quantitative estimate of drug-likeness (QED) is 0.408. The molecule has 0 bridgehead atoms. The Morgan fingerprint density at radius 1 is 0.952 bits per heavy atom. The molecule has 0 saturated heterocycles. The topological polar surface area (TPSA) is 66.2 Å². The fraction of sp³-hybridized carbons (Fsp3) is 0. The maximum absolute atomic E-state index is 12.1. The lowest BCUT2D eigenvalue weighted by atomic mass is 10.2. The fourth-order valence-corrected chi connectivity index (χ4v) is 4.19. The Kier molecular flexibility index (Phi) is 3.64.